The molecule has 2 N–H and O–H groups in total. The molecule has 0 unspecified atom stereocenters. The number of hydrogen-bond donors (Lipinski definition) is 2. The summed E-state index contributed by atoms with van der Waals surface area (Å²) in [7, 11) is 0. The molecule has 8 nitrogen and oxygen atoms in total. The van der Waals surface area contributed by atoms with Crippen LogP contribution in [0.5, 0.6) is 5.88 Å². The van der Waals surface area contributed by atoms with Crippen LogP contribution in [0.4, 0.5) is 5.69 Å². The normalized spacial score (nSPS) is 10.9. The lowest BCUT2D eigenvalue weighted by molar-refractivity contribution is -0.384. The van der Waals surface area contributed by atoms with Crippen molar-refractivity contribution in [3.8, 4) is 28.1 Å². The lowest BCUT2D eigenvalue weighted by Gasteiger charge is -2.06. The smallest absolute Gasteiger partial charge is 0.269 e. The molecule has 8 heteroatoms. The number of nitro groups is 1. The highest BCUT2D eigenvalue weighted by Crippen LogP contribution is 2.30. The summed E-state index contributed by atoms with van der Waals surface area (Å²) in [5.41, 5.74) is 1.69. The Morgan fingerprint density at radius 1 is 1.04 bits per heavy atom. The molecule has 0 spiro atoms. The first kappa shape index (κ1) is 15.6. The summed E-state index contributed by atoms with van der Waals surface area (Å²) in [6.45, 7) is 0. The molecule has 4 aromatic rings. The van der Waals surface area contributed by atoms with E-state index in [9.17, 15) is 20.0 Å². The Bertz CT molecular complexity index is 1180. The molecule has 0 amide bonds. The second-order valence-electron chi connectivity index (χ2n) is 5.64. The number of aromatic hydroxyl groups is 1. The summed E-state index contributed by atoms with van der Waals surface area (Å²) in [5, 5.41) is 25.5. The molecular formula is C18H12N4O4. The molecule has 2 aromatic carbocycles. The third kappa shape index (κ3) is 2.40. The number of benzene rings is 2. The summed E-state index contributed by atoms with van der Waals surface area (Å²) < 4.78 is 1.24. The molecule has 0 aliphatic heterocycles. The monoisotopic (exact) mass is 348 g/mol. The largest absolute Gasteiger partial charge is 0.493 e. The number of non-ortho nitro benzene ring substituents is 1. The maximum atomic E-state index is 12.5. The van der Waals surface area contributed by atoms with E-state index in [1.54, 1.807) is 36.4 Å². The fraction of sp³-hybridized carbons (Fsp3) is 0. The first-order valence-corrected chi connectivity index (χ1v) is 7.69. The Morgan fingerprint density at radius 3 is 2.38 bits per heavy atom. The predicted molar refractivity (Wildman–Crippen MR) is 95.0 cm³/mol. The second kappa shape index (κ2) is 5.85. The Morgan fingerprint density at radius 2 is 1.73 bits per heavy atom. The standard InChI is InChI=1S/C18H12N4O4/c23-17-15(12-4-2-1-3-5-12)18(24)21-16(20-17)14(10-19-21)11-6-8-13(9-7-11)22(25)26/h1-10,24H,(H,20,23). The average Bonchev–Trinajstić information content (AvgIpc) is 3.06. The molecular weight excluding hydrogens is 336 g/mol. The fourth-order valence-corrected chi connectivity index (χ4v) is 2.85. The molecule has 0 fully saturated rings. The first-order chi connectivity index (χ1) is 12.6. The number of nitrogens with one attached hydrogen (secondary N) is 1. The molecule has 0 radical (unpaired) electrons. The topological polar surface area (TPSA) is 114 Å². The van der Waals surface area contributed by atoms with Crippen LogP contribution in [0, 0.1) is 10.1 Å². The van der Waals surface area contributed by atoms with Crippen molar-refractivity contribution in [3.63, 3.8) is 0 Å². The third-order valence-corrected chi connectivity index (χ3v) is 4.10. The zero-order valence-electron chi connectivity index (χ0n) is 13.3. The van der Waals surface area contributed by atoms with E-state index in [1.165, 1.54) is 22.8 Å². The number of aromatic amines is 1. The number of nitro benzene ring substituents is 1. The van der Waals surface area contributed by atoms with Crippen LogP contribution in [0.1, 0.15) is 0 Å². The quantitative estimate of drug-likeness (QED) is 0.436. The maximum Gasteiger partial charge on any atom is 0.269 e. The van der Waals surface area contributed by atoms with E-state index < -0.39 is 10.5 Å². The van der Waals surface area contributed by atoms with Crippen molar-refractivity contribution < 1.29 is 10.0 Å². The predicted octanol–water partition coefficient (Wildman–Crippen LogP) is 2.97. The van der Waals surface area contributed by atoms with Gasteiger partial charge in [0, 0.05) is 17.7 Å². The van der Waals surface area contributed by atoms with Crippen LogP contribution >= 0.6 is 0 Å². The highest BCUT2D eigenvalue weighted by atomic mass is 16.6. The molecule has 2 aromatic heterocycles. The van der Waals surface area contributed by atoms with Crippen LogP contribution in [0.3, 0.4) is 0 Å². The van der Waals surface area contributed by atoms with Crippen molar-refractivity contribution in [2.24, 2.45) is 0 Å². The van der Waals surface area contributed by atoms with Crippen LogP contribution < -0.4 is 5.56 Å². The van der Waals surface area contributed by atoms with Gasteiger partial charge in [-0.25, -0.2) is 0 Å². The van der Waals surface area contributed by atoms with Crippen LogP contribution in [-0.2, 0) is 0 Å². The molecule has 128 valence electrons. The Labute approximate surface area is 146 Å². The summed E-state index contributed by atoms with van der Waals surface area (Å²) in [6, 6.07) is 14.7. The Kier molecular flexibility index (Phi) is 3.51. The number of rotatable bonds is 3. The lowest BCUT2D eigenvalue weighted by atomic mass is 10.1. The average molecular weight is 348 g/mol. The number of nitrogens with zero attached hydrogens (tertiary/aromatic N) is 3. The van der Waals surface area contributed by atoms with Gasteiger partial charge in [-0.3, -0.25) is 14.9 Å². The van der Waals surface area contributed by atoms with Crippen LogP contribution in [0.2, 0.25) is 0 Å². The van der Waals surface area contributed by atoms with E-state index >= 15 is 0 Å². The van der Waals surface area contributed by atoms with Crippen molar-refractivity contribution in [3.05, 3.63) is 81.3 Å². The number of hydrogen-bond acceptors (Lipinski definition) is 5. The van der Waals surface area contributed by atoms with Gasteiger partial charge in [-0.15, -0.1) is 0 Å². The minimum Gasteiger partial charge on any atom is -0.493 e. The van der Waals surface area contributed by atoms with Crippen molar-refractivity contribution in [1.29, 1.82) is 0 Å². The summed E-state index contributed by atoms with van der Waals surface area (Å²) in [5.74, 6) is -0.275. The molecule has 2 heterocycles. The van der Waals surface area contributed by atoms with Gasteiger partial charge in [0.05, 0.1) is 11.1 Å². The van der Waals surface area contributed by atoms with Crippen molar-refractivity contribution in [2.45, 2.75) is 0 Å². The van der Waals surface area contributed by atoms with Gasteiger partial charge in [-0.05, 0) is 23.3 Å². The van der Waals surface area contributed by atoms with Crippen molar-refractivity contribution >= 4 is 11.3 Å². The van der Waals surface area contributed by atoms with E-state index in [0.717, 1.165) is 0 Å². The highest BCUT2D eigenvalue weighted by Gasteiger charge is 2.18. The Hall–Kier alpha value is -3.94. The SMILES string of the molecule is O=c1[nH]c2c(-c3ccc([N+](=O)[O-])cc3)cnn2c(O)c1-c1ccccc1. The second-order valence-corrected chi connectivity index (χ2v) is 5.64. The van der Waals surface area contributed by atoms with Gasteiger partial charge in [0.25, 0.3) is 11.2 Å². The molecule has 4 rings (SSSR count). The van der Waals surface area contributed by atoms with Gasteiger partial charge in [0.15, 0.2) is 0 Å². The van der Waals surface area contributed by atoms with E-state index in [2.05, 4.69) is 10.1 Å². The van der Waals surface area contributed by atoms with Gasteiger partial charge in [0.1, 0.15) is 11.2 Å². The van der Waals surface area contributed by atoms with Gasteiger partial charge in [-0.1, -0.05) is 30.3 Å². The third-order valence-electron chi connectivity index (χ3n) is 4.10. The molecule has 26 heavy (non-hydrogen) atoms. The molecule has 0 atom stereocenters. The maximum absolute atomic E-state index is 12.5. The highest BCUT2D eigenvalue weighted by molar-refractivity contribution is 5.79. The number of aromatic nitrogens is 3. The van der Waals surface area contributed by atoms with E-state index in [4.69, 9.17) is 0 Å². The number of fused-ring (bicyclic) bond motifs is 1. The Balaban J connectivity index is 1.90. The van der Waals surface area contributed by atoms with Crippen molar-refractivity contribution in [1.82, 2.24) is 14.6 Å². The lowest BCUT2D eigenvalue weighted by Crippen LogP contribution is -2.12. The molecule has 0 saturated heterocycles. The zero-order chi connectivity index (χ0) is 18.3. The van der Waals surface area contributed by atoms with Gasteiger partial charge >= 0.3 is 0 Å². The molecule has 0 saturated carbocycles. The van der Waals surface area contributed by atoms with Crippen LogP contribution in [0.25, 0.3) is 27.9 Å². The van der Waals surface area contributed by atoms with Crippen molar-refractivity contribution in [2.75, 3.05) is 0 Å². The molecule has 0 aliphatic rings. The summed E-state index contributed by atoms with van der Waals surface area (Å²) in [6.07, 6.45) is 1.49. The fourth-order valence-electron chi connectivity index (χ4n) is 2.85. The van der Waals surface area contributed by atoms with E-state index in [0.29, 0.717) is 22.3 Å². The van der Waals surface area contributed by atoms with Gasteiger partial charge in [-0.2, -0.15) is 9.61 Å². The zero-order valence-corrected chi connectivity index (χ0v) is 13.3. The minimum atomic E-state index is -0.486. The summed E-state index contributed by atoms with van der Waals surface area (Å²) in [4.78, 5) is 25.6. The van der Waals surface area contributed by atoms with Crippen LogP contribution in [-0.4, -0.2) is 24.6 Å². The van der Waals surface area contributed by atoms with Gasteiger partial charge in [0.2, 0.25) is 5.88 Å². The van der Waals surface area contributed by atoms with E-state index in [1.807, 2.05) is 6.07 Å². The number of H-pyrrole nitrogens is 1. The molecule has 0 bridgehead atoms. The first-order valence-electron chi connectivity index (χ1n) is 7.69. The summed E-state index contributed by atoms with van der Waals surface area (Å²) >= 11 is 0. The van der Waals surface area contributed by atoms with Crippen LogP contribution in [0.15, 0.2) is 65.6 Å². The minimum absolute atomic E-state index is 0.0343. The molecule has 0 aliphatic carbocycles. The van der Waals surface area contributed by atoms with E-state index in [-0.39, 0.29) is 17.1 Å². The van der Waals surface area contributed by atoms with Gasteiger partial charge < -0.3 is 10.1 Å².